The van der Waals surface area contributed by atoms with Gasteiger partial charge in [-0.2, -0.15) is 0 Å². The molecule has 0 unspecified atom stereocenters. The van der Waals surface area contributed by atoms with Gasteiger partial charge in [-0.05, 0) is 25.2 Å². The molecule has 0 spiro atoms. The molecule has 0 aromatic rings. The molecule has 0 bridgehead atoms. The van der Waals surface area contributed by atoms with Gasteiger partial charge in [0, 0.05) is 13.0 Å². The van der Waals surface area contributed by atoms with Crippen LogP contribution in [0.15, 0.2) is 0 Å². The van der Waals surface area contributed by atoms with Crippen molar-refractivity contribution >= 4 is 5.91 Å². The van der Waals surface area contributed by atoms with Crippen molar-refractivity contribution in [2.45, 2.75) is 58.3 Å². The third-order valence-electron chi connectivity index (χ3n) is 3.07. The van der Waals surface area contributed by atoms with Crippen molar-refractivity contribution in [3.05, 3.63) is 0 Å². The van der Waals surface area contributed by atoms with Crippen LogP contribution in [0.3, 0.4) is 0 Å². The van der Waals surface area contributed by atoms with E-state index in [1.54, 1.807) is 0 Å². The molecule has 2 nitrogen and oxygen atoms in total. The molecule has 1 saturated carbocycles. The minimum atomic E-state index is 0.248. The molecule has 0 aliphatic heterocycles. The minimum Gasteiger partial charge on any atom is -0.356 e. The number of hydrogen-bond acceptors (Lipinski definition) is 1. The molecule has 0 aromatic carbocycles. The molecule has 82 valence electrons. The quantitative estimate of drug-likeness (QED) is 0.721. The summed E-state index contributed by atoms with van der Waals surface area (Å²) in [4.78, 5) is 11.3. The zero-order valence-electron chi connectivity index (χ0n) is 9.35. The maximum absolute atomic E-state index is 11.3. The molecule has 0 atom stereocenters. The number of amides is 1. The van der Waals surface area contributed by atoms with Crippen LogP contribution in [0.5, 0.6) is 0 Å². The van der Waals surface area contributed by atoms with Crippen molar-refractivity contribution in [2.24, 2.45) is 5.92 Å². The Morgan fingerprint density at radius 3 is 2.64 bits per heavy atom. The van der Waals surface area contributed by atoms with Gasteiger partial charge in [-0.1, -0.05) is 32.6 Å². The van der Waals surface area contributed by atoms with Gasteiger partial charge in [0.2, 0.25) is 5.91 Å². The van der Waals surface area contributed by atoms with E-state index in [9.17, 15) is 4.79 Å². The maximum Gasteiger partial charge on any atom is 0.220 e. The summed E-state index contributed by atoms with van der Waals surface area (Å²) in [5.74, 6) is 1.01. The van der Waals surface area contributed by atoms with Crippen LogP contribution in [0.4, 0.5) is 0 Å². The Labute approximate surface area is 87.5 Å². The fourth-order valence-corrected chi connectivity index (χ4v) is 2.08. The number of hydrogen-bond donors (Lipinski definition) is 1. The summed E-state index contributed by atoms with van der Waals surface area (Å²) in [5.41, 5.74) is 0. The van der Waals surface area contributed by atoms with Gasteiger partial charge in [-0.15, -0.1) is 0 Å². The van der Waals surface area contributed by atoms with Gasteiger partial charge >= 0.3 is 0 Å². The van der Waals surface area contributed by atoms with Crippen LogP contribution in [0.1, 0.15) is 58.3 Å². The van der Waals surface area contributed by atoms with Gasteiger partial charge in [-0.3, -0.25) is 4.79 Å². The summed E-state index contributed by atoms with van der Waals surface area (Å²) in [6.45, 7) is 3.04. The van der Waals surface area contributed by atoms with Crippen molar-refractivity contribution in [3.8, 4) is 0 Å². The zero-order valence-corrected chi connectivity index (χ0v) is 9.35. The van der Waals surface area contributed by atoms with Gasteiger partial charge in [0.15, 0.2) is 0 Å². The van der Waals surface area contributed by atoms with Gasteiger partial charge in [0.05, 0.1) is 0 Å². The van der Waals surface area contributed by atoms with E-state index in [0.29, 0.717) is 6.42 Å². The maximum atomic E-state index is 11.3. The van der Waals surface area contributed by atoms with Crippen molar-refractivity contribution in [3.63, 3.8) is 0 Å². The first-order chi connectivity index (χ1) is 6.83. The molecule has 0 aromatic heterocycles. The average molecular weight is 197 g/mol. The highest BCUT2D eigenvalue weighted by molar-refractivity contribution is 5.75. The summed E-state index contributed by atoms with van der Waals surface area (Å²) in [7, 11) is 0. The average Bonchev–Trinajstić information content (AvgIpc) is 2.25. The molecule has 2 heteroatoms. The second-order valence-electron chi connectivity index (χ2n) is 4.41. The molecule has 1 amide bonds. The first kappa shape index (κ1) is 11.5. The first-order valence-corrected chi connectivity index (χ1v) is 6.09. The van der Waals surface area contributed by atoms with E-state index in [1.165, 1.54) is 32.1 Å². The third-order valence-corrected chi connectivity index (χ3v) is 3.07. The third kappa shape index (κ3) is 4.64. The van der Waals surface area contributed by atoms with Crippen molar-refractivity contribution in [2.75, 3.05) is 6.54 Å². The normalized spacial score (nSPS) is 18.1. The van der Waals surface area contributed by atoms with Gasteiger partial charge in [0.25, 0.3) is 0 Å². The SMILES string of the molecule is CCCCC(=O)NCC1CCCCC1. The predicted molar refractivity (Wildman–Crippen MR) is 59.1 cm³/mol. The number of carbonyl (C=O) groups excluding carboxylic acids is 1. The monoisotopic (exact) mass is 197 g/mol. The molecule has 1 aliphatic rings. The van der Waals surface area contributed by atoms with Gasteiger partial charge in [-0.25, -0.2) is 0 Å². The van der Waals surface area contributed by atoms with Crippen molar-refractivity contribution < 1.29 is 4.79 Å². The summed E-state index contributed by atoms with van der Waals surface area (Å²) < 4.78 is 0. The second kappa shape index (κ2) is 6.86. The Hall–Kier alpha value is -0.530. The highest BCUT2D eigenvalue weighted by Gasteiger charge is 2.13. The topological polar surface area (TPSA) is 29.1 Å². The molecule has 1 rings (SSSR count). The molecule has 0 heterocycles. The van der Waals surface area contributed by atoms with Crippen LogP contribution >= 0.6 is 0 Å². The lowest BCUT2D eigenvalue weighted by atomic mass is 9.89. The lowest BCUT2D eigenvalue weighted by Crippen LogP contribution is -2.29. The zero-order chi connectivity index (χ0) is 10.2. The van der Waals surface area contributed by atoms with E-state index < -0.39 is 0 Å². The van der Waals surface area contributed by atoms with E-state index in [2.05, 4.69) is 12.2 Å². The summed E-state index contributed by atoms with van der Waals surface area (Å²) in [6.07, 6.45) is 9.57. The van der Waals surface area contributed by atoms with E-state index in [1.807, 2.05) is 0 Å². The van der Waals surface area contributed by atoms with Crippen LogP contribution in [0, 0.1) is 5.92 Å². The minimum absolute atomic E-state index is 0.248. The lowest BCUT2D eigenvalue weighted by Gasteiger charge is -2.21. The summed E-state index contributed by atoms with van der Waals surface area (Å²) in [5, 5.41) is 3.05. The molecule has 0 radical (unpaired) electrons. The molecule has 14 heavy (non-hydrogen) atoms. The molecular weight excluding hydrogens is 174 g/mol. The van der Waals surface area contributed by atoms with Gasteiger partial charge in [0.1, 0.15) is 0 Å². The number of unbranched alkanes of at least 4 members (excludes halogenated alkanes) is 1. The molecular formula is C12H23NO. The summed E-state index contributed by atoms with van der Waals surface area (Å²) in [6, 6.07) is 0. The second-order valence-corrected chi connectivity index (χ2v) is 4.41. The van der Waals surface area contributed by atoms with Gasteiger partial charge < -0.3 is 5.32 Å². The smallest absolute Gasteiger partial charge is 0.220 e. The van der Waals surface area contributed by atoms with Crippen LogP contribution in [0.25, 0.3) is 0 Å². The molecule has 1 N–H and O–H groups in total. The number of carbonyl (C=O) groups is 1. The lowest BCUT2D eigenvalue weighted by molar-refractivity contribution is -0.121. The van der Waals surface area contributed by atoms with Crippen LogP contribution in [-0.4, -0.2) is 12.5 Å². The Balaban J connectivity index is 2.03. The fraction of sp³-hybridized carbons (Fsp3) is 0.917. The Morgan fingerprint density at radius 1 is 1.29 bits per heavy atom. The molecule has 1 aliphatic carbocycles. The number of rotatable bonds is 5. The standard InChI is InChI=1S/C12H23NO/c1-2-3-9-12(14)13-10-11-7-5-4-6-8-11/h11H,2-10H2,1H3,(H,13,14). The Bertz CT molecular complexity index is 162. The first-order valence-electron chi connectivity index (χ1n) is 6.09. The molecule has 0 saturated heterocycles. The predicted octanol–water partition coefficient (Wildman–Crippen LogP) is 2.87. The van der Waals surface area contributed by atoms with Crippen molar-refractivity contribution in [1.29, 1.82) is 0 Å². The number of nitrogens with one attached hydrogen (secondary N) is 1. The summed E-state index contributed by atoms with van der Waals surface area (Å²) >= 11 is 0. The van der Waals surface area contributed by atoms with E-state index in [-0.39, 0.29) is 5.91 Å². The molecule has 1 fully saturated rings. The van der Waals surface area contributed by atoms with E-state index in [4.69, 9.17) is 0 Å². The highest BCUT2D eigenvalue weighted by Crippen LogP contribution is 2.22. The van der Waals surface area contributed by atoms with Crippen LogP contribution < -0.4 is 5.32 Å². The highest BCUT2D eigenvalue weighted by atomic mass is 16.1. The van der Waals surface area contributed by atoms with E-state index >= 15 is 0 Å². The largest absolute Gasteiger partial charge is 0.356 e. The van der Waals surface area contributed by atoms with E-state index in [0.717, 1.165) is 25.3 Å². The van der Waals surface area contributed by atoms with Crippen LogP contribution in [-0.2, 0) is 4.79 Å². The van der Waals surface area contributed by atoms with Crippen LogP contribution in [0.2, 0.25) is 0 Å². The van der Waals surface area contributed by atoms with Crippen molar-refractivity contribution in [1.82, 2.24) is 5.32 Å². The Kier molecular flexibility index (Phi) is 5.65. The fourth-order valence-electron chi connectivity index (χ4n) is 2.08. The Morgan fingerprint density at radius 2 is 2.00 bits per heavy atom.